The van der Waals surface area contributed by atoms with E-state index in [0.29, 0.717) is 37.7 Å². The molecule has 0 spiro atoms. The molecule has 3 aliphatic rings. The van der Waals surface area contributed by atoms with Crippen molar-refractivity contribution in [3.8, 4) is 0 Å². The average Bonchev–Trinajstić information content (AvgIpc) is 3.14. The number of halogens is 1. The second-order valence-electron chi connectivity index (χ2n) is 9.41. The van der Waals surface area contributed by atoms with E-state index in [9.17, 15) is 4.79 Å². The van der Waals surface area contributed by atoms with Crippen molar-refractivity contribution in [3.63, 3.8) is 0 Å². The van der Waals surface area contributed by atoms with Gasteiger partial charge in [0.25, 0.3) is 0 Å². The summed E-state index contributed by atoms with van der Waals surface area (Å²) in [4.78, 5) is 21.3. The number of likely N-dealkylation sites (N-methyl/N-ethyl adjacent to an activating group) is 1. The molecule has 0 radical (unpaired) electrons. The molecule has 1 aliphatic heterocycles. The standard InChI is InChI=1S/C25H36ClN3O2S/c1-4-27-24(30)23-14-29(22(15-31-23)13-18-5-9-20(26)10-6-18)21-11-7-19(8-12-21)25-28-16(2)17(3)32-25/h5,9,19,21-23H,4,6-8,10-15H2,1-3H3,(H,27,30)/t19?,21?,22-,23+/m0/s1. The van der Waals surface area contributed by atoms with Gasteiger partial charge in [-0.1, -0.05) is 23.3 Å². The minimum Gasteiger partial charge on any atom is -0.365 e. The molecule has 2 aliphatic carbocycles. The summed E-state index contributed by atoms with van der Waals surface area (Å²) >= 11 is 8.04. The molecule has 2 fully saturated rings. The highest BCUT2D eigenvalue weighted by Crippen LogP contribution is 2.39. The largest absolute Gasteiger partial charge is 0.365 e. The van der Waals surface area contributed by atoms with Crippen LogP contribution in [0.3, 0.4) is 0 Å². The number of carbonyl (C=O) groups is 1. The van der Waals surface area contributed by atoms with Crippen LogP contribution in [-0.4, -0.2) is 53.7 Å². The molecular formula is C25H36ClN3O2S. The number of nitrogens with zero attached hydrogens (tertiary/aromatic N) is 2. The van der Waals surface area contributed by atoms with Crippen LogP contribution in [-0.2, 0) is 9.53 Å². The third-order valence-electron chi connectivity index (χ3n) is 7.22. The van der Waals surface area contributed by atoms with Crippen LogP contribution in [0.2, 0.25) is 0 Å². The normalized spacial score (nSPS) is 29.4. The maximum atomic E-state index is 12.5. The lowest BCUT2D eigenvalue weighted by Crippen LogP contribution is -2.58. The van der Waals surface area contributed by atoms with Crippen molar-refractivity contribution in [1.82, 2.24) is 15.2 Å². The second-order valence-corrected chi connectivity index (χ2v) is 11.1. The quantitative estimate of drug-likeness (QED) is 0.609. The Morgan fingerprint density at radius 2 is 2.03 bits per heavy atom. The number of rotatable bonds is 6. The van der Waals surface area contributed by atoms with Gasteiger partial charge in [-0.3, -0.25) is 9.69 Å². The number of nitrogens with one attached hydrogen (secondary N) is 1. The number of amides is 1. The lowest BCUT2D eigenvalue weighted by atomic mass is 9.84. The van der Waals surface area contributed by atoms with E-state index in [-0.39, 0.29) is 12.0 Å². The van der Waals surface area contributed by atoms with Gasteiger partial charge in [0.15, 0.2) is 0 Å². The first-order valence-electron chi connectivity index (χ1n) is 12.1. The van der Waals surface area contributed by atoms with Crippen LogP contribution in [0, 0.1) is 13.8 Å². The van der Waals surface area contributed by atoms with Crippen LogP contribution < -0.4 is 5.32 Å². The Morgan fingerprint density at radius 3 is 2.66 bits per heavy atom. The summed E-state index contributed by atoms with van der Waals surface area (Å²) in [5.74, 6) is 0.598. The van der Waals surface area contributed by atoms with Crippen LogP contribution in [0.25, 0.3) is 0 Å². The van der Waals surface area contributed by atoms with Crippen LogP contribution in [0.4, 0.5) is 0 Å². The number of thiazole rings is 1. The Kier molecular flexibility index (Phi) is 8.09. The first kappa shape index (κ1) is 23.9. The van der Waals surface area contributed by atoms with Crippen molar-refractivity contribution in [1.29, 1.82) is 0 Å². The summed E-state index contributed by atoms with van der Waals surface area (Å²) in [7, 11) is 0. The van der Waals surface area contributed by atoms with E-state index in [2.05, 4.69) is 30.1 Å². The number of hydrogen-bond acceptors (Lipinski definition) is 5. The molecule has 1 saturated heterocycles. The molecule has 2 atom stereocenters. The van der Waals surface area contributed by atoms with E-state index in [4.69, 9.17) is 21.3 Å². The zero-order valence-electron chi connectivity index (χ0n) is 19.5. The van der Waals surface area contributed by atoms with Gasteiger partial charge in [0.05, 0.1) is 17.3 Å². The lowest BCUT2D eigenvalue weighted by molar-refractivity contribution is -0.145. The minimum absolute atomic E-state index is 0.0185. The molecule has 1 N–H and O–H groups in total. The highest BCUT2D eigenvalue weighted by atomic mass is 35.5. The van der Waals surface area contributed by atoms with Crippen LogP contribution in [0.15, 0.2) is 22.8 Å². The Hall–Kier alpha value is -1.21. The van der Waals surface area contributed by atoms with Crippen LogP contribution in [0.1, 0.15) is 73.4 Å². The maximum absolute atomic E-state index is 12.5. The fourth-order valence-electron chi connectivity index (χ4n) is 5.24. The first-order valence-corrected chi connectivity index (χ1v) is 13.3. The van der Waals surface area contributed by atoms with Gasteiger partial charge in [0.1, 0.15) is 6.10 Å². The number of morpholine rings is 1. The Morgan fingerprint density at radius 1 is 1.25 bits per heavy atom. The predicted octanol–water partition coefficient (Wildman–Crippen LogP) is 5.22. The van der Waals surface area contributed by atoms with E-state index in [1.165, 1.54) is 34.0 Å². The zero-order chi connectivity index (χ0) is 22.7. The molecule has 1 amide bonds. The van der Waals surface area contributed by atoms with Gasteiger partial charge < -0.3 is 10.1 Å². The van der Waals surface area contributed by atoms with Gasteiger partial charge in [-0.05, 0) is 71.8 Å². The number of aromatic nitrogens is 1. The predicted molar refractivity (Wildman–Crippen MR) is 131 cm³/mol. The number of carbonyl (C=O) groups excluding carboxylic acids is 1. The summed E-state index contributed by atoms with van der Waals surface area (Å²) in [6.07, 6.45) is 11.5. The fourth-order valence-corrected chi connectivity index (χ4v) is 6.49. The highest BCUT2D eigenvalue weighted by Gasteiger charge is 2.38. The van der Waals surface area contributed by atoms with Crippen molar-refractivity contribution >= 4 is 28.8 Å². The Balaban J connectivity index is 1.44. The van der Waals surface area contributed by atoms with Crippen LogP contribution in [0.5, 0.6) is 0 Å². The number of hydrogen-bond donors (Lipinski definition) is 1. The van der Waals surface area contributed by atoms with Gasteiger partial charge in [0.2, 0.25) is 5.91 Å². The highest BCUT2D eigenvalue weighted by molar-refractivity contribution is 7.11. The zero-order valence-corrected chi connectivity index (χ0v) is 21.1. The van der Waals surface area contributed by atoms with Gasteiger partial charge in [-0.15, -0.1) is 11.3 Å². The first-order chi connectivity index (χ1) is 15.4. The third-order valence-corrected chi connectivity index (χ3v) is 8.77. The summed E-state index contributed by atoms with van der Waals surface area (Å²) in [5, 5.41) is 5.20. The van der Waals surface area contributed by atoms with Crippen molar-refractivity contribution in [2.24, 2.45) is 0 Å². The van der Waals surface area contributed by atoms with Crippen molar-refractivity contribution in [2.45, 2.75) is 89.8 Å². The number of allylic oxidation sites excluding steroid dienone is 3. The Bertz CT molecular complexity index is 853. The van der Waals surface area contributed by atoms with Crippen LogP contribution >= 0.6 is 22.9 Å². The Labute approximate surface area is 201 Å². The molecule has 2 heterocycles. The van der Waals surface area contributed by atoms with Crippen molar-refractivity contribution < 1.29 is 9.53 Å². The molecule has 0 bridgehead atoms. The monoisotopic (exact) mass is 477 g/mol. The van der Waals surface area contributed by atoms with E-state index in [1.54, 1.807) is 0 Å². The second kappa shape index (κ2) is 10.8. The van der Waals surface area contributed by atoms with Gasteiger partial charge >= 0.3 is 0 Å². The van der Waals surface area contributed by atoms with E-state index in [0.717, 1.165) is 37.1 Å². The number of aryl methyl sites for hydroxylation is 2. The minimum atomic E-state index is -0.372. The maximum Gasteiger partial charge on any atom is 0.250 e. The molecule has 0 aromatic carbocycles. The number of ether oxygens (including phenoxy) is 1. The molecular weight excluding hydrogens is 442 g/mol. The summed E-state index contributed by atoms with van der Waals surface area (Å²) in [5.41, 5.74) is 2.62. The van der Waals surface area contributed by atoms with Gasteiger partial charge in [0, 0.05) is 41.0 Å². The van der Waals surface area contributed by atoms with E-state index in [1.807, 2.05) is 24.3 Å². The third kappa shape index (κ3) is 5.64. The fraction of sp³-hybridized carbons (Fsp3) is 0.680. The van der Waals surface area contributed by atoms with E-state index >= 15 is 0 Å². The molecule has 4 rings (SSSR count). The summed E-state index contributed by atoms with van der Waals surface area (Å²) in [6, 6.07) is 0.825. The van der Waals surface area contributed by atoms with Crippen molar-refractivity contribution in [3.05, 3.63) is 38.3 Å². The van der Waals surface area contributed by atoms with Gasteiger partial charge in [-0.2, -0.15) is 0 Å². The lowest BCUT2D eigenvalue weighted by Gasteiger charge is -2.46. The molecule has 7 heteroatoms. The molecule has 5 nitrogen and oxygen atoms in total. The summed E-state index contributed by atoms with van der Waals surface area (Å²) < 4.78 is 6.06. The molecule has 0 unspecified atom stereocenters. The average molecular weight is 478 g/mol. The molecule has 176 valence electrons. The van der Waals surface area contributed by atoms with Gasteiger partial charge in [-0.25, -0.2) is 4.98 Å². The van der Waals surface area contributed by atoms with E-state index < -0.39 is 0 Å². The SMILES string of the molecule is CCNC(=O)[C@H]1CN(C2CCC(c3nc(C)c(C)s3)CC2)[C@@H](CC2=CC=C(Cl)CC2)CO1. The van der Waals surface area contributed by atoms with Crippen molar-refractivity contribution in [2.75, 3.05) is 19.7 Å². The topological polar surface area (TPSA) is 54.5 Å². The summed E-state index contributed by atoms with van der Waals surface area (Å²) in [6.45, 7) is 8.18. The molecule has 32 heavy (non-hydrogen) atoms. The molecule has 1 saturated carbocycles. The molecule has 1 aromatic rings. The molecule has 1 aromatic heterocycles. The smallest absolute Gasteiger partial charge is 0.250 e.